The van der Waals surface area contributed by atoms with Gasteiger partial charge in [-0.1, -0.05) is 6.07 Å². The molecule has 1 N–H and O–H groups in total. The van der Waals surface area contributed by atoms with E-state index < -0.39 is 5.60 Å². The number of ether oxygens (including phenoxy) is 1. The Bertz CT molecular complexity index is 376. The van der Waals surface area contributed by atoms with Crippen LogP contribution in [0.1, 0.15) is 43.9 Å². The number of hydrogen-bond acceptors (Lipinski definition) is 3. The van der Waals surface area contributed by atoms with Crippen LogP contribution in [0.15, 0.2) is 18.3 Å². The van der Waals surface area contributed by atoms with Gasteiger partial charge in [0.1, 0.15) is 0 Å². The van der Waals surface area contributed by atoms with Crippen molar-refractivity contribution in [1.29, 1.82) is 0 Å². The monoisotopic (exact) mass is 235 g/mol. The standard InChI is InChI=1S/C14H21NO2/c1-3-17-10-14(2,16)12-8-4-6-11-7-5-9-15-13(11)12/h5,7,9,12,16H,3-4,6,8,10H2,1-2H3. The molecule has 1 aromatic heterocycles. The fourth-order valence-corrected chi connectivity index (χ4v) is 2.62. The Balaban J connectivity index is 2.22. The van der Waals surface area contributed by atoms with Crippen LogP contribution in [-0.4, -0.2) is 28.9 Å². The fourth-order valence-electron chi connectivity index (χ4n) is 2.62. The summed E-state index contributed by atoms with van der Waals surface area (Å²) in [5.74, 6) is 0.0963. The summed E-state index contributed by atoms with van der Waals surface area (Å²) in [5.41, 5.74) is 1.52. The van der Waals surface area contributed by atoms with Gasteiger partial charge in [0.15, 0.2) is 0 Å². The van der Waals surface area contributed by atoms with Crippen LogP contribution >= 0.6 is 0 Å². The largest absolute Gasteiger partial charge is 0.387 e. The topological polar surface area (TPSA) is 42.4 Å². The smallest absolute Gasteiger partial charge is 0.0935 e. The minimum atomic E-state index is -0.820. The first-order valence-electron chi connectivity index (χ1n) is 6.39. The first kappa shape index (κ1) is 12.5. The quantitative estimate of drug-likeness (QED) is 0.870. The van der Waals surface area contributed by atoms with Gasteiger partial charge in [0, 0.05) is 24.4 Å². The van der Waals surface area contributed by atoms with Crippen LogP contribution in [0.4, 0.5) is 0 Å². The van der Waals surface area contributed by atoms with Crippen molar-refractivity contribution >= 4 is 0 Å². The molecule has 1 aliphatic rings. The van der Waals surface area contributed by atoms with Gasteiger partial charge in [-0.15, -0.1) is 0 Å². The van der Waals surface area contributed by atoms with Crippen molar-refractivity contribution in [3.63, 3.8) is 0 Å². The van der Waals surface area contributed by atoms with Gasteiger partial charge in [-0.05, 0) is 44.7 Å². The lowest BCUT2D eigenvalue weighted by Crippen LogP contribution is -2.40. The molecule has 0 aliphatic heterocycles. The van der Waals surface area contributed by atoms with Crippen molar-refractivity contribution in [2.75, 3.05) is 13.2 Å². The minimum Gasteiger partial charge on any atom is -0.387 e. The summed E-state index contributed by atoms with van der Waals surface area (Å²) < 4.78 is 5.39. The molecule has 1 aromatic rings. The summed E-state index contributed by atoms with van der Waals surface area (Å²) >= 11 is 0. The predicted molar refractivity (Wildman–Crippen MR) is 67.0 cm³/mol. The normalized spacial score (nSPS) is 22.9. The Labute approximate surface area is 103 Å². The zero-order valence-corrected chi connectivity index (χ0v) is 10.6. The van der Waals surface area contributed by atoms with E-state index in [-0.39, 0.29) is 5.92 Å². The van der Waals surface area contributed by atoms with Gasteiger partial charge >= 0.3 is 0 Å². The van der Waals surface area contributed by atoms with E-state index in [1.54, 1.807) is 0 Å². The maximum atomic E-state index is 10.6. The molecule has 94 valence electrons. The second kappa shape index (κ2) is 5.15. The Morgan fingerprint density at radius 2 is 2.41 bits per heavy atom. The van der Waals surface area contributed by atoms with E-state index in [1.165, 1.54) is 5.56 Å². The van der Waals surface area contributed by atoms with E-state index in [0.29, 0.717) is 13.2 Å². The van der Waals surface area contributed by atoms with Crippen molar-refractivity contribution in [3.05, 3.63) is 29.6 Å². The number of fused-ring (bicyclic) bond motifs is 1. The van der Waals surface area contributed by atoms with Crippen LogP contribution in [-0.2, 0) is 11.2 Å². The highest BCUT2D eigenvalue weighted by molar-refractivity contribution is 5.28. The Kier molecular flexibility index (Phi) is 3.79. The first-order chi connectivity index (χ1) is 8.15. The lowest BCUT2D eigenvalue weighted by molar-refractivity contribution is -0.0528. The number of aliphatic hydroxyl groups is 1. The number of hydrogen-bond donors (Lipinski definition) is 1. The van der Waals surface area contributed by atoms with Crippen LogP contribution in [0.5, 0.6) is 0 Å². The van der Waals surface area contributed by atoms with Gasteiger partial charge in [0.25, 0.3) is 0 Å². The van der Waals surface area contributed by atoms with Crippen LogP contribution in [0.2, 0.25) is 0 Å². The van der Waals surface area contributed by atoms with Crippen LogP contribution < -0.4 is 0 Å². The molecule has 2 unspecified atom stereocenters. The third-order valence-electron chi connectivity index (χ3n) is 3.54. The number of aromatic nitrogens is 1. The van der Waals surface area contributed by atoms with E-state index in [2.05, 4.69) is 11.1 Å². The molecule has 1 heterocycles. The minimum absolute atomic E-state index is 0.0963. The zero-order valence-electron chi connectivity index (χ0n) is 10.6. The first-order valence-corrected chi connectivity index (χ1v) is 6.39. The molecule has 2 rings (SSSR count). The molecule has 0 amide bonds. The number of rotatable bonds is 4. The molecule has 0 spiro atoms. The lowest BCUT2D eigenvalue weighted by Gasteiger charge is -2.35. The molecular weight excluding hydrogens is 214 g/mol. The van der Waals surface area contributed by atoms with Crippen LogP contribution in [0.3, 0.4) is 0 Å². The number of nitrogens with zero attached hydrogens (tertiary/aromatic N) is 1. The van der Waals surface area contributed by atoms with E-state index in [0.717, 1.165) is 25.0 Å². The van der Waals surface area contributed by atoms with E-state index in [9.17, 15) is 5.11 Å². The molecule has 3 nitrogen and oxygen atoms in total. The van der Waals surface area contributed by atoms with E-state index in [4.69, 9.17) is 4.74 Å². The Morgan fingerprint density at radius 3 is 3.18 bits per heavy atom. The SMILES string of the molecule is CCOCC(C)(O)C1CCCc2cccnc21. The number of pyridine rings is 1. The van der Waals surface area contributed by atoms with Crippen molar-refractivity contribution < 1.29 is 9.84 Å². The molecule has 3 heteroatoms. The van der Waals surface area contributed by atoms with Gasteiger partial charge in [0.2, 0.25) is 0 Å². The molecule has 0 saturated carbocycles. The molecule has 1 aliphatic carbocycles. The molecule has 2 atom stereocenters. The number of aryl methyl sites for hydroxylation is 1. The third-order valence-corrected chi connectivity index (χ3v) is 3.54. The third kappa shape index (κ3) is 2.67. The van der Waals surface area contributed by atoms with E-state index in [1.807, 2.05) is 26.1 Å². The fraction of sp³-hybridized carbons (Fsp3) is 0.643. The summed E-state index contributed by atoms with van der Waals surface area (Å²) in [6.07, 6.45) is 4.99. The summed E-state index contributed by atoms with van der Waals surface area (Å²) in [5, 5.41) is 10.6. The molecular formula is C14H21NO2. The summed E-state index contributed by atoms with van der Waals surface area (Å²) in [6.45, 7) is 4.82. The van der Waals surface area contributed by atoms with Gasteiger partial charge in [-0.2, -0.15) is 0 Å². The second-order valence-corrected chi connectivity index (χ2v) is 4.99. The van der Waals surface area contributed by atoms with Crippen molar-refractivity contribution in [2.45, 2.75) is 44.6 Å². The van der Waals surface area contributed by atoms with Crippen molar-refractivity contribution in [2.24, 2.45) is 0 Å². The summed E-state index contributed by atoms with van der Waals surface area (Å²) in [7, 11) is 0. The van der Waals surface area contributed by atoms with E-state index >= 15 is 0 Å². The Hall–Kier alpha value is -0.930. The average Bonchev–Trinajstić information content (AvgIpc) is 2.36. The summed E-state index contributed by atoms with van der Waals surface area (Å²) in [4.78, 5) is 4.46. The van der Waals surface area contributed by atoms with Gasteiger partial charge in [-0.25, -0.2) is 0 Å². The second-order valence-electron chi connectivity index (χ2n) is 4.99. The highest BCUT2D eigenvalue weighted by Crippen LogP contribution is 2.37. The van der Waals surface area contributed by atoms with Crippen LogP contribution in [0, 0.1) is 0 Å². The average molecular weight is 235 g/mol. The lowest BCUT2D eigenvalue weighted by atomic mass is 9.77. The zero-order chi connectivity index (χ0) is 12.3. The van der Waals surface area contributed by atoms with Crippen LogP contribution in [0.25, 0.3) is 0 Å². The van der Waals surface area contributed by atoms with Gasteiger partial charge in [-0.3, -0.25) is 4.98 Å². The van der Waals surface area contributed by atoms with Gasteiger partial charge < -0.3 is 9.84 Å². The molecule has 0 saturated heterocycles. The molecule has 17 heavy (non-hydrogen) atoms. The molecule has 0 aromatic carbocycles. The highest BCUT2D eigenvalue weighted by Gasteiger charge is 2.37. The highest BCUT2D eigenvalue weighted by atomic mass is 16.5. The maximum Gasteiger partial charge on any atom is 0.0935 e. The molecule has 0 bridgehead atoms. The summed E-state index contributed by atoms with van der Waals surface area (Å²) in [6, 6.07) is 4.09. The van der Waals surface area contributed by atoms with Crippen molar-refractivity contribution in [3.8, 4) is 0 Å². The molecule has 0 radical (unpaired) electrons. The predicted octanol–water partition coefficient (Wildman–Crippen LogP) is 2.29. The molecule has 0 fully saturated rings. The van der Waals surface area contributed by atoms with Crippen molar-refractivity contribution in [1.82, 2.24) is 4.98 Å². The maximum absolute atomic E-state index is 10.6. The Morgan fingerprint density at radius 1 is 1.59 bits per heavy atom. The van der Waals surface area contributed by atoms with Gasteiger partial charge in [0.05, 0.1) is 12.2 Å².